The molecular formula is C14H14F2N2O2S. The van der Waals surface area contributed by atoms with E-state index in [9.17, 15) is 17.2 Å². The number of halogens is 2. The molecule has 3 N–H and O–H groups in total. The number of rotatable bonds is 3. The third-order valence-electron chi connectivity index (χ3n) is 2.90. The molecule has 2 rings (SSSR count). The summed E-state index contributed by atoms with van der Waals surface area (Å²) in [7, 11) is -4.27. The molecule has 21 heavy (non-hydrogen) atoms. The molecule has 7 heteroatoms. The van der Waals surface area contributed by atoms with Gasteiger partial charge in [-0.2, -0.15) is 0 Å². The van der Waals surface area contributed by atoms with E-state index in [-0.39, 0.29) is 16.9 Å². The van der Waals surface area contributed by atoms with E-state index in [0.29, 0.717) is 5.56 Å². The van der Waals surface area contributed by atoms with Crippen LogP contribution >= 0.6 is 0 Å². The maximum absolute atomic E-state index is 14.0. The van der Waals surface area contributed by atoms with Crippen LogP contribution in [0.25, 0.3) is 0 Å². The van der Waals surface area contributed by atoms with E-state index in [1.165, 1.54) is 25.1 Å². The fourth-order valence-corrected chi connectivity index (χ4v) is 3.12. The number of hydrogen-bond acceptors (Lipinski definition) is 3. The molecule has 0 amide bonds. The number of aryl methyl sites for hydroxylation is 2. The quantitative estimate of drug-likeness (QED) is 0.856. The zero-order chi connectivity index (χ0) is 15.8. The summed E-state index contributed by atoms with van der Waals surface area (Å²) in [6.45, 7) is 3.08. The van der Waals surface area contributed by atoms with Crippen molar-refractivity contribution in [1.82, 2.24) is 0 Å². The third-order valence-corrected chi connectivity index (χ3v) is 4.26. The minimum absolute atomic E-state index is 0.0973. The summed E-state index contributed by atoms with van der Waals surface area (Å²) in [5.41, 5.74) is 6.17. The molecule has 0 heterocycles. The van der Waals surface area contributed by atoms with Crippen LogP contribution in [0.5, 0.6) is 0 Å². The standard InChI is InChI=1S/C14H14F2N2O2S/c1-8-3-4-11(15)12(5-8)18-21(19,20)13-7-10(17)6-9(2)14(13)16/h3-7,18H,17H2,1-2H3. The summed E-state index contributed by atoms with van der Waals surface area (Å²) < 4.78 is 54.1. The van der Waals surface area contributed by atoms with E-state index in [2.05, 4.69) is 0 Å². The van der Waals surface area contributed by atoms with Crippen LogP contribution in [0, 0.1) is 25.5 Å². The van der Waals surface area contributed by atoms with Gasteiger partial charge in [0.15, 0.2) is 0 Å². The molecule has 4 nitrogen and oxygen atoms in total. The largest absolute Gasteiger partial charge is 0.399 e. The normalized spacial score (nSPS) is 11.4. The molecule has 0 saturated heterocycles. The van der Waals surface area contributed by atoms with Crippen molar-refractivity contribution in [3.8, 4) is 0 Å². The highest BCUT2D eigenvalue weighted by atomic mass is 32.2. The first kappa shape index (κ1) is 15.2. The predicted molar refractivity (Wildman–Crippen MR) is 77.5 cm³/mol. The van der Waals surface area contributed by atoms with Crippen LogP contribution in [0.1, 0.15) is 11.1 Å². The number of benzene rings is 2. The Morgan fingerprint density at radius 1 is 1.10 bits per heavy atom. The lowest BCUT2D eigenvalue weighted by atomic mass is 10.2. The monoisotopic (exact) mass is 312 g/mol. The van der Waals surface area contributed by atoms with Gasteiger partial charge in [0.2, 0.25) is 0 Å². The van der Waals surface area contributed by atoms with Crippen molar-refractivity contribution in [3.05, 3.63) is 53.1 Å². The van der Waals surface area contributed by atoms with Crippen LogP contribution in [0.4, 0.5) is 20.2 Å². The molecule has 0 aliphatic carbocycles. The van der Waals surface area contributed by atoms with Crippen molar-refractivity contribution in [3.63, 3.8) is 0 Å². The minimum atomic E-state index is -4.27. The maximum Gasteiger partial charge on any atom is 0.264 e. The number of sulfonamides is 1. The van der Waals surface area contributed by atoms with Crippen molar-refractivity contribution in [2.45, 2.75) is 18.7 Å². The van der Waals surface area contributed by atoms with Gasteiger partial charge in [-0.15, -0.1) is 0 Å². The van der Waals surface area contributed by atoms with E-state index in [1.807, 2.05) is 4.72 Å². The molecule has 0 aliphatic heterocycles. The summed E-state index contributed by atoms with van der Waals surface area (Å²) in [4.78, 5) is -0.610. The smallest absolute Gasteiger partial charge is 0.264 e. The highest BCUT2D eigenvalue weighted by molar-refractivity contribution is 7.92. The van der Waals surface area contributed by atoms with Gasteiger partial charge in [0.05, 0.1) is 5.69 Å². The molecule has 2 aromatic rings. The Morgan fingerprint density at radius 3 is 2.43 bits per heavy atom. The molecule has 0 unspecified atom stereocenters. The second kappa shape index (κ2) is 5.33. The van der Waals surface area contributed by atoms with Gasteiger partial charge in [-0.25, -0.2) is 17.2 Å². The van der Waals surface area contributed by atoms with Crippen LogP contribution < -0.4 is 10.5 Å². The highest BCUT2D eigenvalue weighted by Gasteiger charge is 2.22. The summed E-state index contributed by atoms with van der Waals surface area (Å²) in [6, 6.07) is 6.27. The van der Waals surface area contributed by atoms with E-state index < -0.39 is 26.6 Å². The van der Waals surface area contributed by atoms with Gasteiger partial charge in [-0.05, 0) is 49.2 Å². The molecule has 0 fully saturated rings. The van der Waals surface area contributed by atoms with Gasteiger partial charge in [0, 0.05) is 5.69 Å². The maximum atomic E-state index is 14.0. The number of nitrogen functional groups attached to an aromatic ring is 1. The van der Waals surface area contributed by atoms with E-state index >= 15 is 0 Å². The fourth-order valence-electron chi connectivity index (χ4n) is 1.88. The number of nitrogens with two attached hydrogens (primary N) is 1. The highest BCUT2D eigenvalue weighted by Crippen LogP contribution is 2.25. The van der Waals surface area contributed by atoms with E-state index in [4.69, 9.17) is 5.73 Å². The lowest BCUT2D eigenvalue weighted by Gasteiger charge is -2.12. The Labute approximate surface area is 121 Å². The second-order valence-corrected chi connectivity index (χ2v) is 6.39. The zero-order valence-corrected chi connectivity index (χ0v) is 12.3. The first-order chi connectivity index (χ1) is 9.70. The first-order valence-electron chi connectivity index (χ1n) is 6.05. The Hall–Kier alpha value is -2.15. The SMILES string of the molecule is Cc1ccc(F)c(NS(=O)(=O)c2cc(N)cc(C)c2F)c1. The summed E-state index contributed by atoms with van der Waals surface area (Å²) in [6.07, 6.45) is 0. The topological polar surface area (TPSA) is 72.2 Å². The van der Waals surface area contributed by atoms with Crippen molar-refractivity contribution in [2.75, 3.05) is 10.5 Å². The lowest BCUT2D eigenvalue weighted by Crippen LogP contribution is -2.16. The average molecular weight is 312 g/mol. The fraction of sp³-hybridized carbons (Fsp3) is 0.143. The molecule has 0 saturated carbocycles. The number of hydrogen-bond donors (Lipinski definition) is 2. The Morgan fingerprint density at radius 2 is 1.76 bits per heavy atom. The Kier molecular flexibility index (Phi) is 3.87. The number of anilines is 2. The lowest BCUT2D eigenvalue weighted by molar-refractivity contribution is 0.564. The van der Waals surface area contributed by atoms with Crippen LogP contribution in [0.15, 0.2) is 35.2 Å². The molecule has 112 valence electrons. The zero-order valence-electron chi connectivity index (χ0n) is 11.4. The van der Waals surface area contributed by atoms with Crippen molar-refractivity contribution >= 4 is 21.4 Å². The third kappa shape index (κ3) is 3.13. The summed E-state index contributed by atoms with van der Waals surface area (Å²) >= 11 is 0. The molecule has 0 atom stereocenters. The van der Waals surface area contributed by atoms with Crippen LogP contribution in [-0.2, 0) is 10.0 Å². The second-order valence-electron chi connectivity index (χ2n) is 4.74. The molecule has 0 radical (unpaired) electrons. The first-order valence-corrected chi connectivity index (χ1v) is 7.53. The molecular weight excluding hydrogens is 298 g/mol. The molecule has 0 bridgehead atoms. The van der Waals surface area contributed by atoms with Crippen molar-refractivity contribution in [1.29, 1.82) is 0 Å². The van der Waals surface area contributed by atoms with Crippen LogP contribution in [0.2, 0.25) is 0 Å². The average Bonchev–Trinajstić information content (AvgIpc) is 2.37. The van der Waals surface area contributed by atoms with Crippen LogP contribution in [0.3, 0.4) is 0 Å². The van der Waals surface area contributed by atoms with Crippen LogP contribution in [-0.4, -0.2) is 8.42 Å². The van der Waals surface area contributed by atoms with Crippen molar-refractivity contribution in [2.24, 2.45) is 0 Å². The summed E-state index contributed by atoms with van der Waals surface area (Å²) in [5, 5.41) is 0. The molecule has 0 aliphatic rings. The summed E-state index contributed by atoms with van der Waals surface area (Å²) in [5.74, 6) is -1.66. The van der Waals surface area contributed by atoms with Gasteiger partial charge in [0.1, 0.15) is 16.5 Å². The number of nitrogens with one attached hydrogen (secondary N) is 1. The minimum Gasteiger partial charge on any atom is -0.399 e. The van der Waals surface area contributed by atoms with Gasteiger partial charge in [0.25, 0.3) is 10.0 Å². The molecule has 2 aromatic carbocycles. The van der Waals surface area contributed by atoms with E-state index in [1.54, 1.807) is 6.92 Å². The van der Waals surface area contributed by atoms with Gasteiger partial charge < -0.3 is 5.73 Å². The Balaban J connectivity index is 2.51. The molecule has 0 aromatic heterocycles. The van der Waals surface area contributed by atoms with E-state index in [0.717, 1.165) is 12.1 Å². The van der Waals surface area contributed by atoms with Gasteiger partial charge in [-0.3, -0.25) is 4.72 Å². The Bertz CT molecular complexity index is 805. The van der Waals surface area contributed by atoms with Gasteiger partial charge in [-0.1, -0.05) is 6.07 Å². The van der Waals surface area contributed by atoms with Crippen molar-refractivity contribution < 1.29 is 17.2 Å². The van der Waals surface area contributed by atoms with Gasteiger partial charge >= 0.3 is 0 Å². The predicted octanol–water partition coefficient (Wildman–Crippen LogP) is 2.96. The molecule has 0 spiro atoms.